The van der Waals surface area contributed by atoms with Gasteiger partial charge >= 0.3 is 5.69 Å². The van der Waals surface area contributed by atoms with E-state index in [0.717, 1.165) is 0 Å². The van der Waals surface area contributed by atoms with Gasteiger partial charge in [-0.3, -0.25) is 10.1 Å². The number of nitrogens with zero attached hydrogens (tertiary/aromatic N) is 3. The molecular formula is C9H15N5O2S. The van der Waals surface area contributed by atoms with Crippen LogP contribution in [0.4, 0.5) is 17.5 Å². The number of hydrogen-bond donors (Lipinski definition) is 2. The van der Waals surface area contributed by atoms with E-state index < -0.39 is 4.92 Å². The van der Waals surface area contributed by atoms with Gasteiger partial charge < -0.3 is 10.6 Å². The number of nitrogens with one attached hydrogen (secondary N) is 2. The lowest BCUT2D eigenvalue weighted by Crippen LogP contribution is -2.15. The Kier molecular flexibility index (Phi) is 4.95. The maximum atomic E-state index is 10.8. The van der Waals surface area contributed by atoms with Crippen LogP contribution in [0.1, 0.15) is 6.92 Å². The molecule has 1 aromatic rings. The number of hydrogen-bond acceptors (Lipinski definition) is 7. The fourth-order valence-corrected chi connectivity index (χ4v) is 1.33. The normalized spacial score (nSPS) is 11.9. The second-order valence-corrected chi connectivity index (χ2v) is 4.64. The minimum absolute atomic E-state index is 0.114. The standard InChI is InChI=1S/C9H15N5O2S/c1-6(17-3)4-11-8-7(14(15)16)5-12-9(10-2)13-8/h5-6H,4H2,1-3H3,(H2,10,11,12,13). The minimum atomic E-state index is -0.495. The highest BCUT2D eigenvalue weighted by atomic mass is 32.2. The molecule has 1 heterocycles. The van der Waals surface area contributed by atoms with Crippen LogP contribution in [0.25, 0.3) is 0 Å². The van der Waals surface area contributed by atoms with Crippen molar-refractivity contribution in [3.05, 3.63) is 16.3 Å². The summed E-state index contributed by atoms with van der Waals surface area (Å²) in [5.74, 6) is 0.602. The van der Waals surface area contributed by atoms with Gasteiger partial charge in [-0.25, -0.2) is 4.98 Å². The van der Waals surface area contributed by atoms with Crippen molar-refractivity contribution >= 4 is 29.2 Å². The van der Waals surface area contributed by atoms with Crippen LogP contribution >= 0.6 is 11.8 Å². The maximum absolute atomic E-state index is 10.8. The van der Waals surface area contributed by atoms with Gasteiger partial charge in [0.15, 0.2) is 0 Å². The molecule has 1 aromatic heterocycles. The average Bonchev–Trinajstić information content (AvgIpc) is 2.35. The first kappa shape index (κ1) is 13.5. The molecule has 0 spiro atoms. The summed E-state index contributed by atoms with van der Waals surface area (Å²) in [5, 5.41) is 16.9. The van der Waals surface area contributed by atoms with Gasteiger partial charge in [-0.1, -0.05) is 6.92 Å². The Morgan fingerprint density at radius 3 is 2.88 bits per heavy atom. The smallest absolute Gasteiger partial charge is 0.329 e. The molecule has 0 radical (unpaired) electrons. The van der Waals surface area contributed by atoms with Crippen molar-refractivity contribution in [2.75, 3.05) is 30.5 Å². The first-order chi connectivity index (χ1) is 8.08. The molecule has 0 saturated carbocycles. The summed E-state index contributed by atoms with van der Waals surface area (Å²) in [4.78, 5) is 18.2. The third kappa shape index (κ3) is 3.74. The Labute approximate surface area is 104 Å². The fourth-order valence-electron chi connectivity index (χ4n) is 1.08. The molecule has 0 aliphatic heterocycles. The second kappa shape index (κ2) is 6.24. The van der Waals surface area contributed by atoms with Crippen LogP contribution < -0.4 is 10.6 Å². The summed E-state index contributed by atoms with van der Waals surface area (Å²) in [6, 6.07) is 0. The number of rotatable bonds is 6. The maximum Gasteiger partial charge on any atom is 0.329 e. The summed E-state index contributed by atoms with van der Waals surface area (Å²) >= 11 is 1.68. The summed E-state index contributed by atoms with van der Waals surface area (Å²) in [5.41, 5.74) is -0.114. The Bertz CT molecular complexity index is 401. The van der Waals surface area contributed by atoms with Crippen LogP contribution in [0.15, 0.2) is 6.20 Å². The lowest BCUT2D eigenvalue weighted by Gasteiger charge is -2.10. The van der Waals surface area contributed by atoms with Crippen molar-refractivity contribution in [1.82, 2.24) is 9.97 Å². The fraction of sp³-hybridized carbons (Fsp3) is 0.556. The van der Waals surface area contributed by atoms with E-state index in [2.05, 4.69) is 20.6 Å². The molecule has 17 heavy (non-hydrogen) atoms. The van der Waals surface area contributed by atoms with E-state index in [0.29, 0.717) is 17.7 Å². The van der Waals surface area contributed by atoms with Gasteiger partial charge in [-0.2, -0.15) is 16.7 Å². The monoisotopic (exact) mass is 257 g/mol. The number of thioether (sulfide) groups is 1. The van der Waals surface area contributed by atoms with E-state index in [1.54, 1.807) is 18.8 Å². The van der Waals surface area contributed by atoms with E-state index in [4.69, 9.17) is 0 Å². The first-order valence-corrected chi connectivity index (χ1v) is 6.33. The van der Waals surface area contributed by atoms with Crippen LogP contribution in [-0.2, 0) is 0 Å². The SMILES string of the molecule is CNc1ncc([N+](=O)[O-])c(NCC(C)SC)n1. The molecule has 1 unspecified atom stereocenters. The summed E-state index contributed by atoms with van der Waals surface area (Å²) in [6.45, 7) is 2.64. The zero-order valence-corrected chi connectivity index (χ0v) is 10.7. The van der Waals surface area contributed by atoms with Gasteiger partial charge in [0, 0.05) is 18.8 Å². The van der Waals surface area contributed by atoms with Crippen molar-refractivity contribution in [1.29, 1.82) is 0 Å². The van der Waals surface area contributed by atoms with Crippen LogP contribution in [0.5, 0.6) is 0 Å². The molecule has 1 rings (SSSR count). The lowest BCUT2D eigenvalue weighted by molar-refractivity contribution is -0.384. The van der Waals surface area contributed by atoms with Crippen LogP contribution in [0, 0.1) is 10.1 Å². The number of anilines is 2. The Hall–Kier alpha value is -1.57. The molecule has 8 heteroatoms. The summed E-state index contributed by atoms with van der Waals surface area (Å²) in [7, 11) is 1.66. The van der Waals surface area contributed by atoms with Crippen molar-refractivity contribution in [2.24, 2.45) is 0 Å². The molecule has 0 fully saturated rings. The number of aromatic nitrogens is 2. The molecule has 0 aliphatic carbocycles. The van der Waals surface area contributed by atoms with Crippen LogP contribution in [0.2, 0.25) is 0 Å². The van der Waals surface area contributed by atoms with E-state index in [1.165, 1.54) is 6.20 Å². The summed E-state index contributed by atoms with van der Waals surface area (Å²) in [6.07, 6.45) is 3.19. The molecule has 1 atom stereocenters. The molecule has 0 aliphatic rings. The van der Waals surface area contributed by atoms with Gasteiger partial charge in [-0.05, 0) is 6.26 Å². The molecule has 7 nitrogen and oxygen atoms in total. The first-order valence-electron chi connectivity index (χ1n) is 5.04. The van der Waals surface area contributed by atoms with Crippen molar-refractivity contribution < 1.29 is 4.92 Å². The molecule has 0 aromatic carbocycles. The van der Waals surface area contributed by atoms with Crippen molar-refractivity contribution in [3.8, 4) is 0 Å². The van der Waals surface area contributed by atoms with Gasteiger partial charge in [0.25, 0.3) is 0 Å². The molecule has 0 bridgehead atoms. The predicted molar refractivity (Wildman–Crippen MR) is 69.7 cm³/mol. The van der Waals surface area contributed by atoms with Gasteiger partial charge in [0.1, 0.15) is 6.20 Å². The largest absolute Gasteiger partial charge is 0.363 e. The average molecular weight is 257 g/mol. The van der Waals surface area contributed by atoms with Crippen LogP contribution in [0.3, 0.4) is 0 Å². The third-order valence-corrected chi connectivity index (χ3v) is 3.12. The lowest BCUT2D eigenvalue weighted by atomic mass is 10.4. The highest BCUT2D eigenvalue weighted by molar-refractivity contribution is 7.99. The summed E-state index contributed by atoms with van der Waals surface area (Å²) < 4.78 is 0. The second-order valence-electron chi connectivity index (χ2n) is 3.36. The Balaban J connectivity index is 2.89. The van der Waals surface area contributed by atoms with E-state index >= 15 is 0 Å². The van der Waals surface area contributed by atoms with Crippen molar-refractivity contribution in [2.45, 2.75) is 12.2 Å². The van der Waals surface area contributed by atoms with Gasteiger partial charge in [-0.15, -0.1) is 0 Å². The molecule has 0 amide bonds. The van der Waals surface area contributed by atoms with E-state index in [9.17, 15) is 10.1 Å². The third-order valence-electron chi connectivity index (χ3n) is 2.15. The molecule has 2 N–H and O–H groups in total. The zero-order chi connectivity index (χ0) is 12.8. The van der Waals surface area contributed by atoms with Crippen LogP contribution in [-0.4, -0.2) is 40.0 Å². The van der Waals surface area contributed by atoms with Gasteiger partial charge in [0.05, 0.1) is 4.92 Å². The highest BCUT2D eigenvalue weighted by Crippen LogP contribution is 2.22. The molecule has 94 valence electrons. The van der Waals surface area contributed by atoms with E-state index in [-0.39, 0.29) is 11.5 Å². The predicted octanol–water partition coefficient (Wildman–Crippen LogP) is 1.59. The quantitative estimate of drug-likeness (QED) is 0.590. The molecule has 0 saturated heterocycles. The Morgan fingerprint density at radius 2 is 2.35 bits per heavy atom. The zero-order valence-electron chi connectivity index (χ0n) is 9.93. The van der Waals surface area contributed by atoms with Gasteiger partial charge in [0.2, 0.25) is 11.8 Å². The van der Waals surface area contributed by atoms with E-state index in [1.807, 2.05) is 13.2 Å². The topological polar surface area (TPSA) is 93.0 Å². The van der Waals surface area contributed by atoms with Crippen molar-refractivity contribution in [3.63, 3.8) is 0 Å². The highest BCUT2D eigenvalue weighted by Gasteiger charge is 2.17. The Morgan fingerprint density at radius 1 is 1.65 bits per heavy atom. The minimum Gasteiger partial charge on any atom is -0.363 e. The number of nitro groups is 1. The molecular weight excluding hydrogens is 242 g/mol.